The zero-order valence-electron chi connectivity index (χ0n) is 13.1. The third kappa shape index (κ3) is 4.83. The van der Waals surface area contributed by atoms with Crippen LogP contribution in [0, 0.1) is 0 Å². The molecule has 0 saturated carbocycles. The van der Waals surface area contributed by atoms with Gasteiger partial charge >= 0.3 is 12.1 Å². The highest BCUT2D eigenvalue weighted by atomic mass is 19.4. The Morgan fingerprint density at radius 3 is 2.54 bits per heavy atom. The molecule has 0 aliphatic carbocycles. The van der Waals surface area contributed by atoms with Gasteiger partial charge in [-0.1, -0.05) is 30.3 Å². The van der Waals surface area contributed by atoms with Crippen molar-refractivity contribution >= 4 is 5.97 Å². The molecule has 0 bridgehead atoms. The number of aromatic carboxylic acids is 1. The first kappa shape index (κ1) is 18.0. The first-order chi connectivity index (χ1) is 11.3. The Bertz CT molecular complexity index is 713. The molecule has 0 amide bonds. The molecule has 0 saturated heterocycles. The molecule has 24 heavy (non-hydrogen) atoms. The lowest BCUT2D eigenvalue weighted by Crippen LogP contribution is -2.28. The van der Waals surface area contributed by atoms with Crippen LogP contribution in [0.3, 0.4) is 0 Å². The molecule has 2 aromatic carbocycles. The van der Waals surface area contributed by atoms with Gasteiger partial charge in [-0.05, 0) is 42.7 Å². The zero-order chi connectivity index (χ0) is 17.7. The van der Waals surface area contributed by atoms with Crippen molar-refractivity contribution in [3.63, 3.8) is 0 Å². The van der Waals surface area contributed by atoms with Gasteiger partial charge in [-0.3, -0.25) is 0 Å². The van der Waals surface area contributed by atoms with Gasteiger partial charge in [0.1, 0.15) is 0 Å². The summed E-state index contributed by atoms with van der Waals surface area (Å²) in [6, 6.07) is 11.8. The molecule has 2 N–H and O–H groups in total. The summed E-state index contributed by atoms with van der Waals surface area (Å²) < 4.78 is 39.0. The maximum Gasteiger partial charge on any atom is 0.416 e. The van der Waals surface area contributed by atoms with Gasteiger partial charge in [0.15, 0.2) is 0 Å². The second kappa shape index (κ2) is 7.49. The van der Waals surface area contributed by atoms with Gasteiger partial charge in [0.2, 0.25) is 0 Å². The lowest BCUT2D eigenvalue weighted by molar-refractivity contribution is -0.138. The van der Waals surface area contributed by atoms with Crippen LogP contribution in [0.5, 0.6) is 0 Å². The number of carboxylic acid groups (broad SMARTS) is 1. The summed E-state index contributed by atoms with van der Waals surface area (Å²) >= 11 is 0. The van der Waals surface area contributed by atoms with E-state index in [4.69, 9.17) is 5.11 Å². The predicted molar refractivity (Wildman–Crippen MR) is 84.9 cm³/mol. The highest BCUT2D eigenvalue weighted by Gasteiger charge is 2.32. The van der Waals surface area contributed by atoms with Crippen LogP contribution in [0.15, 0.2) is 48.5 Å². The van der Waals surface area contributed by atoms with E-state index in [0.29, 0.717) is 6.54 Å². The van der Waals surface area contributed by atoms with Gasteiger partial charge in [0.25, 0.3) is 0 Å². The number of carbonyl (C=O) groups is 1. The Kier molecular flexibility index (Phi) is 5.62. The summed E-state index contributed by atoms with van der Waals surface area (Å²) in [4.78, 5) is 10.9. The summed E-state index contributed by atoms with van der Waals surface area (Å²) in [5, 5.41) is 12.1. The number of halogens is 3. The fraction of sp³-hybridized carbons (Fsp3) is 0.278. The summed E-state index contributed by atoms with van der Waals surface area (Å²) in [5.74, 6) is -1.01. The quantitative estimate of drug-likeness (QED) is 0.833. The highest BCUT2D eigenvalue weighted by Crippen LogP contribution is 2.32. The molecular formula is C18H18F3NO2. The van der Waals surface area contributed by atoms with Crippen LogP contribution < -0.4 is 5.32 Å². The van der Waals surface area contributed by atoms with E-state index in [1.165, 1.54) is 18.2 Å². The van der Waals surface area contributed by atoms with E-state index in [1.54, 1.807) is 31.2 Å². The molecule has 0 spiro atoms. The minimum absolute atomic E-state index is 0.185. The van der Waals surface area contributed by atoms with Crippen molar-refractivity contribution in [2.75, 3.05) is 0 Å². The third-order valence-electron chi connectivity index (χ3n) is 3.68. The van der Waals surface area contributed by atoms with Crippen molar-refractivity contribution in [1.82, 2.24) is 5.32 Å². The monoisotopic (exact) mass is 337 g/mol. The van der Waals surface area contributed by atoms with Crippen molar-refractivity contribution in [2.24, 2.45) is 0 Å². The number of nitrogens with one attached hydrogen (secondary N) is 1. The van der Waals surface area contributed by atoms with Gasteiger partial charge in [-0.25, -0.2) is 4.79 Å². The predicted octanol–water partition coefficient (Wildman–Crippen LogP) is 4.12. The maximum atomic E-state index is 13.0. The molecule has 1 atom stereocenters. The SMILES string of the molecule is CC(Cc1ccccc1C(F)(F)F)NCc1cccc(C(=O)O)c1. The smallest absolute Gasteiger partial charge is 0.416 e. The van der Waals surface area contributed by atoms with Gasteiger partial charge in [-0.15, -0.1) is 0 Å². The van der Waals surface area contributed by atoms with Crippen LogP contribution in [0.25, 0.3) is 0 Å². The lowest BCUT2D eigenvalue weighted by atomic mass is 10.0. The van der Waals surface area contributed by atoms with E-state index in [1.807, 2.05) is 0 Å². The van der Waals surface area contributed by atoms with E-state index in [9.17, 15) is 18.0 Å². The summed E-state index contributed by atoms with van der Waals surface area (Å²) in [6.07, 6.45) is -4.14. The van der Waals surface area contributed by atoms with E-state index >= 15 is 0 Å². The largest absolute Gasteiger partial charge is 0.478 e. The fourth-order valence-electron chi connectivity index (χ4n) is 2.48. The Labute approximate surface area is 138 Å². The molecule has 128 valence electrons. The summed E-state index contributed by atoms with van der Waals surface area (Å²) in [6.45, 7) is 2.19. The molecule has 3 nitrogen and oxygen atoms in total. The topological polar surface area (TPSA) is 49.3 Å². The Morgan fingerprint density at radius 1 is 1.17 bits per heavy atom. The van der Waals surface area contributed by atoms with Crippen molar-refractivity contribution in [3.05, 3.63) is 70.8 Å². The van der Waals surface area contributed by atoms with Gasteiger partial charge in [0, 0.05) is 12.6 Å². The molecular weight excluding hydrogens is 319 g/mol. The molecule has 0 radical (unpaired) electrons. The first-order valence-corrected chi connectivity index (χ1v) is 7.48. The van der Waals surface area contributed by atoms with Gasteiger partial charge in [0.05, 0.1) is 11.1 Å². The minimum atomic E-state index is -4.37. The van der Waals surface area contributed by atoms with Gasteiger partial charge < -0.3 is 10.4 Å². The van der Waals surface area contributed by atoms with Crippen molar-refractivity contribution in [2.45, 2.75) is 32.1 Å². The van der Waals surface area contributed by atoms with E-state index < -0.39 is 17.7 Å². The van der Waals surface area contributed by atoms with Gasteiger partial charge in [-0.2, -0.15) is 13.2 Å². The average Bonchev–Trinajstić information content (AvgIpc) is 2.52. The number of carboxylic acids is 1. The number of hydrogen-bond acceptors (Lipinski definition) is 2. The number of hydrogen-bond donors (Lipinski definition) is 2. The standard InChI is InChI=1S/C18H18F3NO2/c1-12(9-14-6-2-3-8-16(14)18(19,20)21)22-11-13-5-4-7-15(10-13)17(23)24/h2-8,10,12,22H,9,11H2,1H3,(H,23,24). The molecule has 1 unspecified atom stereocenters. The first-order valence-electron chi connectivity index (χ1n) is 7.48. The number of rotatable bonds is 6. The Morgan fingerprint density at radius 2 is 1.88 bits per heavy atom. The average molecular weight is 337 g/mol. The number of benzene rings is 2. The Hall–Kier alpha value is -2.34. The van der Waals surface area contributed by atoms with Crippen LogP contribution in [-0.4, -0.2) is 17.1 Å². The van der Waals surface area contributed by atoms with Crippen LogP contribution in [-0.2, 0) is 19.1 Å². The molecule has 0 aliphatic rings. The van der Waals surface area contributed by atoms with Crippen LogP contribution >= 0.6 is 0 Å². The van der Waals surface area contributed by atoms with Crippen molar-refractivity contribution in [3.8, 4) is 0 Å². The molecule has 0 heterocycles. The zero-order valence-corrected chi connectivity index (χ0v) is 13.1. The summed E-state index contributed by atoms with van der Waals surface area (Å²) in [5.41, 5.74) is 0.575. The Balaban J connectivity index is 2.01. The molecule has 0 fully saturated rings. The van der Waals surface area contributed by atoms with Crippen LogP contribution in [0.1, 0.15) is 34.0 Å². The van der Waals surface area contributed by atoms with E-state index in [2.05, 4.69) is 5.32 Å². The maximum absolute atomic E-state index is 13.0. The van der Waals surface area contributed by atoms with Crippen LogP contribution in [0.4, 0.5) is 13.2 Å². The van der Waals surface area contributed by atoms with Crippen molar-refractivity contribution in [1.29, 1.82) is 0 Å². The molecule has 0 aliphatic heterocycles. The fourth-order valence-corrected chi connectivity index (χ4v) is 2.48. The minimum Gasteiger partial charge on any atom is -0.478 e. The molecule has 2 rings (SSSR count). The lowest BCUT2D eigenvalue weighted by Gasteiger charge is -2.18. The second-order valence-electron chi connectivity index (χ2n) is 5.65. The second-order valence-corrected chi connectivity index (χ2v) is 5.65. The molecule has 0 aromatic heterocycles. The molecule has 6 heteroatoms. The normalized spacial score (nSPS) is 12.8. The van der Waals surface area contributed by atoms with Crippen LogP contribution in [0.2, 0.25) is 0 Å². The van der Waals surface area contributed by atoms with E-state index in [0.717, 1.165) is 11.6 Å². The van der Waals surface area contributed by atoms with Crippen molar-refractivity contribution < 1.29 is 23.1 Å². The third-order valence-corrected chi connectivity index (χ3v) is 3.68. The van der Waals surface area contributed by atoms with E-state index in [-0.39, 0.29) is 23.6 Å². The number of alkyl halides is 3. The highest BCUT2D eigenvalue weighted by molar-refractivity contribution is 5.87. The molecule has 2 aromatic rings. The summed E-state index contributed by atoms with van der Waals surface area (Å²) in [7, 11) is 0.